The molecule has 2 aromatic carbocycles. The third-order valence-electron chi connectivity index (χ3n) is 5.51. The first-order valence-electron chi connectivity index (χ1n) is 10.0. The summed E-state index contributed by atoms with van der Waals surface area (Å²) < 4.78 is 13.3. The van der Waals surface area contributed by atoms with Crippen LogP contribution in [-0.2, 0) is 11.5 Å². The zero-order valence-electron chi connectivity index (χ0n) is 17.3. The molecule has 0 fully saturated rings. The Hall–Kier alpha value is -4.19. The number of hydrogen-bond acceptors (Lipinski definition) is 4. The van der Waals surface area contributed by atoms with Crippen LogP contribution in [0.15, 0.2) is 59.8 Å². The van der Waals surface area contributed by atoms with E-state index in [1.165, 1.54) is 18.0 Å². The van der Waals surface area contributed by atoms with E-state index in [4.69, 9.17) is 5.26 Å². The number of hydrogen-bond donors (Lipinski definition) is 2. The SMILES string of the molecule is CNC(=O)N1C(=O)N(c2cccc(CF)c2)C2=C(C(=O)NCC2)C1c1ccc(C#N)cc1. The van der Waals surface area contributed by atoms with E-state index < -0.39 is 30.7 Å². The highest BCUT2D eigenvalue weighted by molar-refractivity contribution is 6.11. The molecule has 2 aliphatic rings. The van der Waals surface area contributed by atoms with Gasteiger partial charge in [-0.25, -0.2) is 18.9 Å². The normalized spacial score (nSPS) is 18.1. The van der Waals surface area contributed by atoms with Crippen molar-refractivity contribution in [3.8, 4) is 6.07 Å². The predicted molar refractivity (Wildman–Crippen MR) is 114 cm³/mol. The van der Waals surface area contributed by atoms with Gasteiger partial charge in [0, 0.05) is 25.7 Å². The van der Waals surface area contributed by atoms with E-state index >= 15 is 0 Å². The summed E-state index contributed by atoms with van der Waals surface area (Å²) in [5.41, 5.74) is 2.40. The lowest BCUT2D eigenvalue weighted by Crippen LogP contribution is -2.58. The Morgan fingerprint density at radius 2 is 2.00 bits per heavy atom. The number of imide groups is 1. The first kappa shape index (κ1) is 21.1. The fourth-order valence-corrected chi connectivity index (χ4v) is 4.06. The van der Waals surface area contributed by atoms with E-state index in [0.29, 0.717) is 41.0 Å². The monoisotopic (exact) mass is 433 g/mol. The molecule has 5 amide bonds. The van der Waals surface area contributed by atoms with E-state index in [0.717, 1.165) is 4.90 Å². The van der Waals surface area contributed by atoms with Crippen LogP contribution in [0.5, 0.6) is 0 Å². The van der Waals surface area contributed by atoms with E-state index in [-0.39, 0.29) is 5.57 Å². The molecule has 8 nitrogen and oxygen atoms in total. The maximum Gasteiger partial charge on any atom is 0.337 e. The second kappa shape index (κ2) is 8.51. The highest BCUT2D eigenvalue weighted by Crippen LogP contribution is 2.41. The Morgan fingerprint density at radius 1 is 1.25 bits per heavy atom. The molecule has 4 rings (SSSR count). The van der Waals surface area contributed by atoms with Gasteiger partial charge in [-0.2, -0.15) is 5.26 Å². The molecule has 2 N–H and O–H groups in total. The minimum atomic E-state index is -0.980. The van der Waals surface area contributed by atoms with E-state index in [2.05, 4.69) is 10.6 Å². The fraction of sp³-hybridized carbons (Fsp3) is 0.217. The summed E-state index contributed by atoms with van der Waals surface area (Å²) in [7, 11) is 1.39. The maximum atomic E-state index is 13.7. The maximum absolute atomic E-state index is 13.7. The van der Waals surface area contributed by atoms with Crippen molar-refractivity contribution in [3.63, 3.8) is 0 Å². The highest BCUT2D eigenvalue weighted by Gasteiger charge is 2.47. The lowest BCUT2D eigenvalue weighted by Gasteiger charge is -2.44. The second-order valence-electron chi connectivity index (χ2n) is 7.35. The molecule has 1 unspecified atom stereocenters. The summed E-state index contributed by atoms with van der Waals surface area (Å²) in [5.74, 6) is -0.395. The van der Waals surface area contributed by atoms with Gasteiger partial charge in [0.1, 0.15) is 12.7 Å². The highest BCUT2D eigenvalue weighted by atomic mass is 19.1. The molecule has 0 spiro atoms. The summed E-state index contributed by atoms with van der Waals surface area (Å²) in [6, 6.07) is 12.5. The lowest BCUT2D eigenvalue weighted by molar-refractivity contribution is -0.118. The number of nitriles is 1. The van der Waals surface area contributed by atoms with Gasteiger partial charge < -0.3 is 10.6 Å². The Balaban J connectivity index is 1.96. The number of anilines is 1. The Morgan fingerprint density at radius 3 is 2.66 bits per heavy atom. The van der Waals surface area contributed by atoms with Gasteiger partial charge in [0.25, 0.3) is 5.91 Å². The van der Waals surface area contributed by atoms with Crippen LogP contribution in [0.4, 0.5) is 19.7 Å². The molecular weight excluding hydrogens is 413 g/mol. The van der Waals surface area contributed by atoms with Crippen molar-refractivity contribution in [1.29, 1.82) is 5.26 Å². The van der Waals surface area contributed by atoms with Gasteiger partial charge in [-0.3, -0.25) is 9.69 Å². The van der Waals surface area contributed by atoms with E-state index in [1.54, 1.807) is 42.5 Å². The van der Waals surface area contributed by atoms with Crippen molar-refractivity contribution >= 4 is 23.7 Å². The van der Waals surface area contributed by atoms with Crippen molar-refractivity contribution in [2.75, 3.05) is 18.5 Å². The molecule has 9 heteroatoms. The topological polar surface area (TPSA) is 106 Å². The number of carbonyl (C=O) groups excluding carboxylic acids is 3. The Labute approximate surface area is 183 Å². The van der Waals surface area contributed by atoms with Gasteiger partial charge >= 0.3 is 12.1 Å². The summed E-state index contributed by atoms with van der Waals surface area (Å²) in [6.45, 7) is -0.389. The number of urea groups is 2. The number of rotatable bonds is 3. The van der Waals surface area contributed by atoms with Crippen molar-refractivity contribution in [3.05, 3.63) is 76.5 Å². The van der Waals surface area contributed by atoms with Crippen molar-refractivity contribution in [2.24, 2.45) is 0 Å². The summed E-state index contributed by atoms with van der Waals surface area (Å²) in [6.07, 6.45) is 0.362. The van der Waals surface area contributed by atoms with Gasteiger partial charge in [0.2, 0.25) is 0 Å². The molecule has 1 atom stereocenters. The standard InChI is InChI=1S/C23H20FN5O3/c1-26-22(31)29-20(16-7-5-14(13-25)6-8-16)19-18(9-10-27-21(19)30)28(23(29)32)17-4-2-3-15(11-17)12-24/h2-8,11,20H,9-10,12H2,1H3,(H,26,31)(H,27,30). The summed E-state index contributed by atoms with van der Waals surface area (Å²) in [5, 5.41) is 14.4. The molecule has 2 aliphatic heterocycles. The smallest absolute Gasteiger partial charge is 0.337 e. The van der Waals surface area contributed by atoms with Crippen LogP contribution in [0.1, 0.15) is 29.2 Å². The van der Waals surface area contributed by atoms with Crippen LogP contribution in [0.2, 0.25) is 0 Å². The fourth-order valence-electron chi connectivity index (χ4n) is 4.06. The largest absolute Gasteiger partial charge is 0.352 e. The molecule has 0 aliphatic carbocycles. The molecule has 0 aromatic heterocycles. The van der Waals surface area contributed by atoms with Gasteiger partial charge in [-0.15, -0.1) is 0 Å². The van der Waals surface area contributed by atoms with Crippen LogP contribution in [0.3, 0.4) is 0 Å². The zero-order valence-corrected chi connectivity index (χ0v) is 17.3. The number of alkyl halides is 1. The van der Waals surface area contributed by atoms with E-state index in [9.17, 15) is 18.8 Å². The van der Waals surface area contributed by atoms with Crippen molar-refractivity contribution in [2.45, 2.75) is 19.1 Å². The van der Waals surface area contributed by atoms with Gasteiger partial charge in [0.15, 0.2) is 0 Å². The van der Waals surface area contributed by atoms with Gasteiger partial charge in [-0.1, -0.05) is 24.3 Å². The average molecular weight is 433 g/mol. The predicted octanol–water partition coefficient (Wildman–Crippen LogP) is 3.12. The molecular formula is C23H20FN5O3. The van der Waals surface area contributed by atoms with Crippen LogP contribution >= 0.6 is 0 Å². The van der Waals surface area contributed by atoms with Gasteiger partial charge in [0.05, 0.1) is 22.9 Å². The molecule has 0 saturated carbocycles. The van der Waals surface area contributed by atoms with Crippen LogP contribution in [-0.4, -0.2) is 36.5 Å². The second-order valence-corrected chi connectivity index (χ2v) is 7.35. The molecule has 2 heterocycles. The lowest BCUT2D eigenvalue weighted by atomic mass is 9.89. The molecule has 0 saturated heterocycles. The van der Waals surface area contributed by atoms with Crippen LogP contribution in [0.25, 0.3) is 0 Å². The minimum absolute atomic E-state index is 0.259. The van der Waals surface area contributed by atoms with Gasteiger partial charge in [-0.05, 0) is 35.4 Å². The number of carbonyl (C=O) groups is 3. The minimum Gasteiger partial charge on any atom is -0.352 e. The summed E-state index contributed by atoms with van der Waals surface area (Å²) in [4.78, 5) is 41.8. The molecule has 2 aromatic rings. The number of nitrogens with zero attached hydrogens (tertiary/aromatic N) is 3. The quantitative estimate of drug-likeness (QED) is 0.776. The first-order chi connectivity index (χ1) is 15.5. The third kappa shape index (κ3) is 3.46. The molecule has 0 bridgehead atoms. The number of benzene rings is 2. The Bertz CT molecular complexity index is 1170. The number of halogens is 1. The van der Waals surface area contributed by atoms with Crippen molar-refractivity contribution in [1.82, 2.24) is 15.5 Å². The third-order valence-corrected chi connectivity index (χ3v) is 5.51. The molecule has 162 valence electrons. The first-order valence-corrected chi connectivity index (χ1v) is 10.0. The van der Waals surface area contributed by atoms with Crippen LogP contribution < -0.4 is 15.5 Å². The Kier molecular flexibility index (Phi) is 5.60. The number of amides is 5. The molecule has 32 heavy (non-hydrogen) atoms. The summed E-state index contributed by atoms with van der Waals surface area (Å²) >= 11 is 0. The van der Waals surface area contributed by atoms with Crippen LogP contribution in [0, 0.1) is 11.3 Å². The number of nitrogens with one attached hydrogen (secondary N) is 2. The zero-order chi connectivity index (χ0) is 22.8. The molecule has 0 radical (unpaired) electrons. The van der Waals surface area contributed by atoms with Crippen molar-refractivity contribution < 1.29 is 18.8 Å². The average Bonchev–Trinajstić information content (AvgIpc) is 2.83. The van der Waals surface area contributed by atoms with E-state index in [1.807, 2.05) is 6.07 Å².